The molecule has 3 rings (SSSR count). The Hall–Kier alpha value is -1.33. The fourth-order valence-corrected chi connectivity index (χ4v) is 2.35. The molecule has 0 radical (unpaired) electrons. The lowest BCUT2D eigenvalue weighted by Crippen LogP contribution is -2.41. The standard InChI is InChI=1S/C12H16N2O3/c15-12(13-3-6-16-7-4-13)11-2-1-10-9-17-8-5-14(10)11/h1-2H,3-9H2. The van der Waals surface area contributed by atoms with Crippen LogP contribution in [0.25, 0.3) is 0 Å². The number of nitrogens with zero attached hydrogens (tertiary/aromatic N) is 2. The van der Waals surface area contributed by atoms with Gasteiger partial charge in [-0.1, -0.05) is 0 Å². The van der Waals surface area contributed by atoms with E-state index in [9.17, 15) is 4.79 Å². The van der Waals surface area contributed by atoms with Gasteiger partial charge in [-0.3, -0.25) is 4.79 Å². The van der Waals surface area contributed by atoms with Gasteiger partial charge in [-0.2, -0.15) is 0 Å². The third kappa shape index (κ3) is 1.96. The fraction of sp³-hybridized carbons (Fsp3) is 0.583. The van der Waals surface area contributed by atoms with E-state index < -0.39 is 0 Å². The third-order valence-electron chi connectivity index (χ3n) is 3.30. The summed E-state index contributed by atoms with van der Waals surface area (Å²) in [5.74, 6) is 0.112. The third-order valence-corrected chi connectivity index (χ3v) is 3.30. The van der Waals surface area contributed by atoms with E-state index in [2.05, 4.69) is 4.57 Å². The number of carbonyl (C=O) groups excluding carboxylic acids is 1. The van der Waals surface area contributed by atoms with Gasteiger partial charge in [0, 0.05) is 25.3 Å². The summed E-state index contributed by atoms with van der Waals surface area (Å²) in [6.45, 7) is 4.73. The van der Waals surface area contributed by atoms with Gasteiger partial charge < -0.3 is 18.9 Å². The largest absolute Gasteiger partial charge is 0.378 e. The summed E-state index contributed by atoms with van der Waals surface area (Å²) in [6.07, 6.45) is 0. The average molecular weight is 236 g/mol. The second-order valence-electron chi connectivity index (χ2n) is 4.32. The number of hydrogen-bond donors (Lipinski definition) is 0. The van der Waals surface area contributed by atoms with Crippen LogP contribution in [-0.2, 0) is 22.6 Å². The number of carbonyl (C=O) groups is 1. The van der Waals surface area contributed by atoms with Gasteiger partial charge in [0.05, 0.1) is 26.4 Å². The predicted molar refractivity (Wildman–Crippen MR) is 60.8 cm³/mol. The zero-order chi connectivity index (χ0) is 11.7. The van der Waals surface area contributed by atoms with Crippen molar-refractivity contribution in [3.63, 3.8) is 0 Å². The van der Waals surface area contributed by atoms with E-state index in [4.69, 9.17) is 9.47 Å². The molecule has 5 nitrogen and oxygen atoms in total. The summed E-state index contributed by atoms with van der Waals surface area (Å²) in [7, 11) is 0. The van der Waals surface area contributed by atoms with Crippen LogP contribution in [-0.4, -0.2) is 48.3 Å². The van der Waals surface area contributed by atoms with Gasteiger partial charge in [-0.25, -0.2) is 0 Å². The molecule has 5 heteroatoms. The molecule has 2 aliphatic rings. The second-order valence-corrected chi connectivity index (χ2v) is 4.32. The lowest BCUT2D eigenvalue weighted by atomic mass is 10.3. The first kappa shape index (κ1) is 10.8. The summed E-state index contributed by atoms with van der Waals surface area (Å²) in [4.78, 5) is 14.2. The molecule has 1 saturated heterocycles. The fourth-order valence-electron chi connectivity index (χ4n) is 2.35. The molecule has 17 heavy (non-hydrogen) atoms. The van der Waals surface area contributed by atoms with Crippen LogP contribution in [0.1, 0.15) is 16.2 Å². The maximum atomic E-state index is 12.3. The highest BCUT2D eigenvalue weighted by atomic mass is 16.5. The zero-order valence-corrected chi connectivity index (χ0v) is 9.72. The molecule has 1 fully saturated rings. The van der Waals surface area contributed by atoms with Crippen LogP contribution in [0.2, 0.25) is 0 Å². The van der Waals surface area contributed by atoms with Crippen LogP contribution in [0.15, 0.2) is 12.1 Å². The van der Waals surface area contributed by atoms with Crippen LogP contribution in [0.3, 0.4) is 0 Å². The van der Waals surface area contributed by atoms with E-state index in [0.29, 0.717) is 39.5 Å². The summed E-state index contributed by atoms with van der Waals surface area (Å²) < 4.78 is 12.7. The Morgan fingerprint density at radius 1 is 1.06 bits per heavy atom. The van der Waals surface area contributed by atoms with E-state index in [1.165, 1.54) is 0 Å². The van der Waals surface area contributed by atoms with Gasteiger partial charge >= 0.3 is 0 Å². The molecule has 0 aliphatic carbocycles. The SMILES string of the molecule is O=C(c1ccc2n1CCOC2)N1CCOCC1. The summed E-state index contributed by atoms with van der Waals surface area (Å²) in [5.41, 5.74) is 1.87. The van der Waals surface area contributed by atoms with Crippen molar-refractivity contribution in [3.05, 3.63) is 23.5 Å². The number of rotatable bonds is 1. The van der Waals surface area contributed by atoms with Gasteiger partial charge in [0.2, 0.25) is 0 Å². The monoisotopic (exact) mass is 236 g/mol. The minimum Gasteiger partial charge on any atom is -0.378 e. The minimum absolute atomic E-state index is 0.112. The molecule has 0 atom stereocenters. The van der Waals surface area contributed by atoms with Crippen LogP contribution in [0.5, 0.6) is 0 Å². The molecule has 0 saturated carbocycles. The van der Waals surface area contributed by atoms with Gasteiger partial charge in [0.15, 0.2) is 0 Å². The van der Waals surface area contributed by atoms with Crippen molar-refractivity contribution in [2.45, 2.75) is 13.2 Å². The first-order chi connectivity index (χ1) is 8.36. The molecule has 0 unspecified atom stereocenters. The maximum Gasteiger partial charge on any atom is 0.270 e. The highest BCUT2D eigenvalue weighted by Gasteiger charge is 2.23. The maximum absolute atomic E-state index is 12.3. The topological polar surface area (TPSA) is 43.7 Å². The molecule has 0 spiro atoms. The van der Waals surface area contributed by atoms with Crippen molar-refractivity contribution in [2.24, 2.45) is 0 Å². The zero-order valence-electron chi connectivity index (χ0n) is 9.72. The summed E-state index contributed by atoms with van der Waals surface area (Å²) >= 11 is 0. The van der Waals surface area contributed by atoms with E-state index in [1.54, 1.807) is 0 Å². The molecule has 92 valence electrons. The van der Waals surface area contributed by atoms with Gasteiger partial charge in [-0.05, 0) is 12.1 Å². The number of fused-ring (bicyclic) bond motifs is 1. The molecular weight excluding hydrogens is 220 g/mol. The highest BCUT2D eigenvalue weighted by Crippen LogP contribution is 2.17. The summed E-state index contributed by atoms with van der Waals surface area (Å²) in [5, 5.41) is 0. The Morgan fingerprint density at radius 2 is 1.82 bits per heavy atom. The molecule has 3 heterocycles. The Morgan fingerprint density at radius 3 is 2.65 bits per heavy atom. The molecule has 2 aliphatic heterocycles. The smallest absolute Gasteiger partial charge is 0.270 e. The van der Waals surface area contributed by atoms with Gasteiger partial charge in [0.1, 0.15) is 5.69 Å². The van der Waals surface area contributed by atoms with E-state index >= 15 is 0 Å². The first-order valence-corrected chi connectivity index (χ1v) is 5.99. The Kier molecular flexibility index (Phi) is 2.86. The van der Waals surface area contributed by atoms with Crippen molar-refractivity contribution in [1.82, 2.24) is 9.47 Å². The Bertz CT molecular complexity index is 421. The molecule has 0 bridgehead atoms. The molecular formula is C12H16N2O3. The van der Waals surface area contributed by atoms with Crippen LogP contribution in [0.4, 0.5) is 0 Å². The van der Waals surface area contributed by atoms with E-state index in [0.717, 1.165) is 17.9 Å². The molecule has 0 N–H and O–H groups in total. The Balaban J connectivity index is 1.83. The number of amides is 1. The van der Waals surface area contributed by atoms with E-state index in [1.807, 2.05) is 17.0 Å². The van der Waals surface area contributed by atoms with Crippen molar-refractivity contribution in [2.75, 3.05) is 32.9 Å². The average Bonchev–Trinajstić information content (AvgIpc) is 2.83. The Labute approximate surface area is 99.9 Å². The molecule has 0 aromatic carbocycles. The first-order valence-electron chi connectivity index (χ1n) is 5.99. The number of hydrogen-bond acceptors (Lipinski definition) is 3. The van der Waals surface area contributed by atoms with E-state index in [-0.39, 0.29) is 5.91 Å². The number of aromatic nitrogens is 1. The van der Waals surface area contributed by atoms with Crippen molar-refractivity contribution >= 4 is 5.91 Å². The van der Waals surface area contributed by atoms with Gasteiger partial charge in [-0.15, -0.1) is 0 Å². The minimum atomic E-state index is 0.112. The van der Waals surface area contributed by atoms with Crippen LogP contribution >= 0.6 is 0 Å². The molecule has 1 aromatic heterocycles. The van der Waals surface area contributed by atoms with Crippen LogP contribution < -0.4 is 0 Å². The van der Waals surface area contributed by atoms with Crippen molar-refractivity contribution in [1.29, 1.82) is 0 Å². The van der Waals surface area contributed by atoms with Crippen molar-refractivity contribution < 1.29 is 14.3 Å². The normalized spacial score (nSPS) is 20.1. The molecule has 1 amide bonds. The lowest BCUT2D eigenvalue weighted by Gasteiger charge is -2.28. The summed E-state index contributed by atoms with van der Waals surface area (Å²) in [6, 6.07) is 3.88. The molecule has 1 aromatic rings. The predicted octanol–water partition coefficient (Wildman–Crippen LogP) is 0.491. The highest BCUT2D eigenvalue weighted by molar-refractivity contribution is 5.93. The quantitative estimate of drug-likeness (QED) is 0.713. The van der Waals surface area contributed by atoms with Crippen molar-refractivity contribution in [3.8, 4) is 0 Å². The number of morpholine rings is 1. The number of ether oxygens (including phenoxy) is 2. The van der Waals surface area contributed by atoms with Gasteiger partial charge in [0.25, 0.3) is 5.91 Å². The van der Waals surface area contributed by atoms with Crippen LogP contribution in [0, 0.1) is 0 Å². The lowest BCUT2D eigenvalue weighted by molar-refractivity contribution is 0.0288. The second kappa shape index (κ2) is 4.50.